The Labute approximate surface area is 192 Å². The molecular formula is C24H27N5O4. The number of amides is 1. The van der Waals surface area contributed by atoms with Gasteiger partial charge < -0.3 is 15.0 Å². The average Bonchev–Trinajstić information content (AvgIpc) is 3.30. The zero-order valence-electron chi connectivity index (χ0n) is 18.6. The monoisotopic (exact) mass is 449 g/mol. The number of nitro groups is 1. The van der Waals surface area contributed by atoms with E-state index in [1.807, 2.05) is 24.3 Å². The van der Waals surface area contributed by atoms with Crippen molar-refractivity contribution in [1.82, 2.24) is 20.0 Å². The molecule has 0 unspecified atom stereocenters. The van der Waals surface area contributed by atoms with Gasteiger partial charge in [-0.05, 0) is 56.3 Å². The summed E-state index contributed by atoms with van der Waals surface area (Å²) in [6.45, 7) is 3.48. The lowest BCUT2D eigenvalue weighted by atomic mass is 10.1. The van der Waals surface area contributed by atoms with Crippen LogP contribution < -0.4 is 10.1 Å². The molecule has 0 aliphatic carbocycles. The first-order chi connectivity index (χ1) is 16.0. The van der Waals surface area contributed by atoms with E-state index in [4.69, 9.17) is 4.74 Å². The molecule has 0 radical (unpaired) electrons. The smallest absolute Gasteiger partial charge is 0.270 e. The van der Waals surface area contributed by atoms with E-state index in [-0.39, 0.29) is 11.6 Å². The SMILES string of the molecule is COc1cccc(-c2cc(C(=O)NCCN3CCCCC3)n(-c3ccc([N+](=O)[O-])cc3)n2)c1. The number of benzene rings is 2. The minimum atomic E-state index is -0.456. The Balaban J connectivity index is 1.60. The van der Waals surface area contributed by atoms with Crippen molar-refractivity contribution >= 4 is 11.6 Å². The van der Waals surface area contributed by atoms with Gasteiger partial charge in [0.1, 0.15) is 11.4 Å². The summed E-state index contributed by atoms with van der Waals surface area (Å²) in [6, 6.07) is 15.1. The van der Waals surface area contributed by atoms with Gasteiger partial charge in [0.05, 0.1) is 23.4 Å². The standard InChI is InChI=1S/C24H27N5O4/c1-33-21-7-5-6-18(16-21)22-17-23(24(30)25-12-15-27-13-3-2-4-14-27)28(26-22)19-8-10-20(11-9-19)29(31)32/h5-11,16-17H,2-4,12-15H2,1H3,(H,25,30). The first kappa shape index (κ1) is 22.5. The zero-order valence-corrected chi connectivity index (χ0v) is 18.6. The number of methoxy groups -OCH3 is 1. The predicted molar refractivity (Wildman–Crippen MR) is 125 cm³/mol. The lowest BCUT2D eigenvalue weighted by Gasteiger charge is -2.26. The maximum Gasteiger partial charge on any atom is 0.270 e. The van der Waals surface area contributed by atoms with E-state index in [9.17, 15) is 14.9 Å². The van der Waals surface area contributed by atoms with Crippen LogP contribution in [0.3, 0.4) is 0 Å². The number of aromatic nitrogens is 2. The number of rotatable bonds is 8. The van der Waals surface area contributed by atoms with Gasteiger partial charge in [0.15, 0.2) is 0 Å². The summed E-state index contributed by atoms with van der Waals surface area (Å²) in [6.07, 6.45) is 3.67. The first-order valence-electron chi connectivity index (χ1n) is 11.0. The van der Waals surface area contributed by atoms with Crippen LogP contribution in [-0.2, 0) is 0 Å². The molecule has 9 nitrogen and oxygen atoms in total. The van der Waals surface area contributed by atoms with Gasteiger partial charge in [0.25, 0.3) is 11.6 Å². The number of nitrogens with zero attached hydrogens (tertiary/aromatic N) is 4. The minimum absolute atomic E-state index is 0.0218. The van der Waals surface area contributed by atoms with Crippen LogP contribution in [-0.4, -0.2) is 58.8 Å². The van der Waals surface area contributed by atoms with Crippen molar-refractivity contribution in [2.24, 2.45) is 0 Å². The molecule has 172 valence electrons. The maximum absolute atomic E-state index is 13.1. The van der Waals surface area contributed by atoms with E-state index in [0.717, 1.165) is 25.2 Å². The largest absolute Gasteiger partial charge is 0.497 e. The van der Waals surface area contributed by atoms with Gasteiger partial charge in [-0.1, -0.05) is 18.6 Å². The highest BCUT2D eigenvalue weighted by atomic mass is 16.6. The van der Waals surface area contributed by atoms with Gasteiger partial charge in [-0.2, -0.15) is 5.10 Å². The van der Waals surface area contributed by atoms with E-state index < -0.39 is 4.92 Å². The number of nitro benzene ring substituents is 1. The summed E-state index contributed by atoms with van der Waals surface area (Å²) in [5, 5.41) is 18.7. The molecule has 1 saturated heterocycles. The molecule has 1 aromatic heterocycles. The lowest BCUT2D eigenvalue weighted by Crippen LogP contribution is -2.38. The predicted octanol–water partition coefficient (Wildman–Crippen LogP) is 3.67. The highest BCUT2D eigenvalue weighted by Crippen LogP contribution is 2.26. The van der Waals surface area contributed by atoms with Gasteiger partial charge in [0, 0.05) is 30.8 Å². The number of piperidine rings is 1. The number of likely N-dealkylation sites (tertiary alicyclic amines) is 1. The van der Waals surface area contributed by atoms with Crippen molar-refractivity contribution in [3.8, 4) is 22.7 Å². The minimum Gasteiger partial charge on any atom is -0.497 e. The molecule has 0 saturated carbocycles. The second kappa shape index (κ2) is 10.3. The van der Waals surface area contributed by atoms with Crippen molar-refractivity contribution in [1.29, 1.82) is 0 Å². The Kier molecular flexibility index (Phi) is 6.99. The van der Waals surface area contributed by atoms with Crippen molar-refractivity contribution in [2.75, 3.05) is 33.3 Å². The Hall–Kier alpha value is -3.72. The summed E-state index contributed by atoms with van der Waals surface area (Å²) >= 11 is 0. The van der Waals surface area contributed by atoms with E-state index in [2.05, 4.69) is 15.3 Å². The number of nitrogens with one attached hydrogen (secondary N) is 1. The van der Waals surface area contributed by atoms with E-state index >= 15 is 0 Å². The fourth-order valence-corrected chi connectivity index (χ4v) is 3.98. The molecule has 1 fully saturated rings. The van der Waals surface area contributed by atoms with E-state index in [1.165, 1.54) is 36.1 Å². The third-order valence-electron chi connectivity index (χ3n) is 5.77. The number of hydrogen-bond donors (Lipinski definition) is 1. The highest BCUT2D eigenvalue weighted by Gasteiger charge is 2.19. The maximum atomic E-state index is 13.1. The first-order valence-corrected chi connectivity index (χ1v) is 11.0. The number of carbonyl (C=O) groups is 1. The molecule has 1 aliphatic rings. The third-order valence-corrected chi connectivity index (χ3v) is 5.77. The number of carbonyl (C=O) groups excluding carboxylic acids is 1. The molecule has 0 atom stereocenters. The van der Waals surface area contributed by atoms with E-state index in [0.29, 0.717) is 29.4 Å². The van der Waals surface area contributed by atoms with Gasteiger partial charge in [0.2, 0.25) is 0 Å². The van der Waals surface area contributed by atoms with Crippen molar-refractivity contribution in [3.63, 3.8) is 0 Å². The second-order valence-corrected chi connectivity index (χ2v) is 7.99. The van der Waals surface area contributed by atoms with Crippen LogP contribution in [0.2, 0.25) is 0 Å². The Morgan fingerprint density at radius 3 is 2.58 bits per heavy atom. The lowest BCUT2D eigenvalue weighted by molar-refractivity contribution is -0.384. The molecule has 9 heteroatoms. The van der Waals surface area contributed by atoms with Crippen LogP contribution >= 0.6 is 0 Å². The van der Waals surface area contributed by atoms with Crippen molar-refractivity contribution in [3.05, 3.63) is 70.4 Å². The number of non-ortho nitro benzene ring substituents is 1. The number of hydrogen-bond acceptors (Lipinski definition) is 6. The Morgan fingerprint density at radius 1 is 1.12 bits per heavy atom. The van der Waals surface area contributed by atoms with Crippen LogP contribution in [0.15, 0.2) is 54.6 Å². The van der Waals surface area contributed by atoms with Gasteiger partial charge in [-0.3, -0.25) is 14.9 Å². The van der Waals surface area contributed by atoms with Crippen molar-refractivity contribution in [2.45, 2.75) is 19.3 Å². The summed E-state index contributed by atoms with van der Waals surface area (Å²) in [7, 11) is 1.59. The molecule has 1 amide bonds. The summed E-state index contributed by atoms with van der Waals surface area (Å²) in [5.74, 6) is 0.442. The molecule has 3 aromatic rings. The third kappa shape index (κ3) is 5.38. The average molecular weight is 450 g/mol. The topological polar surface area (TPSA) is 103 Å². The second-order valence-electron chi connectivity index (χ2n) is 7.99. The van der Waals surface area contributed by atoms with Crippen LogP contribution in [0.25, 0.3) is 16.9 Å². The molecule has 1 N–H and O–H groups in total. The Morgan fingerprint density at radius 2 is 1.88 bits per heavy atom. The fourth-order valence-electron chi connectivity index (χ4n) is 3.98. The molecular weight excluding hydrogens is 422 g/mol. The molecule has 2 aromatic carbocycles. The van der Waals surface area contributed by atoms with Crippen LogP contribution in [0.1, 0.15) is 29.8 Å². The quantitative estimate of drug-likeness (QED) is 0.416. The Bertz CT molecular complexity index is 1120. The molecule has 1 aliphatic heterocycles. The van der Waals surface area contributed by atoms with E-state index in [1.54, 1.807) is 25.3 Å². The fraction of sp³-hybridized carbons (Fsp3) is 0.333. The van der Waals surface area contributed by atoms with Crippen molar-refractivity contribution < 1.29 is 14.5 Å². The molecule has 4 rings (SSSR count). The normalized spacial score (nSPS) is 14.1. The molecule has 0 bridgehead atoms. The van der Waals surface area contributed by atoms with Gasteiger partial charge in [-0.25, -0.2) is 4.68 Å². The zero-order chi connectivity index (χ0) is 23.2. The van der Waals surface area contributed by atoms with Crippen LogP contribution in [0.4, 0.5) is 5.69 Å². The number of ether oxygens (including phenoxy) is 1. The van der Waals surface area contributed by atoms with Crippen LogP contribution in [0.5, 0.6) is 5.75 Å². The summed E-state index contributed by atoms with van der Waals surface area (Å²) in [5.41, 5.74) is 2.31. The van der Waals surface area contributed by atoms with Crippen LogP contribution in [0, 0.1) is 10.1 Å². The van der Waals surface area contributed by atoms with Gasteiger partial charge in [-0.15, -0.1) is 0 Å². The van der Waals surface area contributed by atoms with Gasteiger partial charge >= 0.3 is 0 Å². The molecule has 2 heterocycles. The summed E-state index contributed by atoms with van der Waals surface area (Å²) < 4.78 is 6.83. The summed E-state index contributed by atoms with van der Waals surface area (Å²) in [4.78, 5) is 26.0. The molecule has 0 spiro atoms. The molecule has 33 heavy (non-hydrogen) atoms. The highest BCUT2D eigenvalue weighted by molar-refractivity contribution is 5.94.